The van der Waals surface area contributed by atoms with Crippen LogP contribution in [-0.2, 0) is 0 Å². The highest BCUT2D eigenvalue weighted by atomic mass is 35.5. The van der Waals surface area contributed by atoms with Crippen molar-refractivity contribution in [3.63, 3.8) is 0 Å². The number of hydrogen-bond acceptors (Lipinski definition) is 4. The molecule has 0 aliphatic carbocycles. The first kappa shape index (κ1) is 13.9. The number of nitrogen functional groups attached to an aromatic ring is 1. The highest BCUT2D eigenvalue weighted by Crippen LogP contribution is 2.27. The molecule has 1 amide bonds. The summed E-state index contributed by atoms with van der Waals surface area (Å²) in [7, 11) is 0. The Morgan fingerprint density at radius 3 is 2.37 bits per heavy atom. The van der Waals surface area contributed by atoms with Crippen LogP contribution in [-0.4, -0.2) is 15.9 Å². The summed E-state index contributed by atoms with van der Waals surface area (Å²) in [5.74, 6) is -0.479. The molecule has 1 heterocycles. The first-order chi connectivity index (χ1) is 8.99. The van der Waals surface area contributed by atoms with Crippen LogP contribution in [0.3, 0.4) is 0 Å². The number of carbonyl (C=O) groups is 1. The molecule has 0 atom stereocenters. The molecule has 2 rings (SSSR count). The third kappa shape index (κ3) is 3.07. The number of hydrogen-bond donors (Lipinski definition) is 2. The molecule has 1 aromatic heterocycles. The lowest BCUT2D eigenvalue weighted by atomic mass is 10.1. The summed E-state index contributed by atoms with van der Waals surface area (Å²) in [4.78, 5) is 19.5. The minimum Gasteiger partial charge on any atom is -0.398 e. The molecular weight excluding hydrogens is 311 g/mol. The summed E-state index contributed by atoms with van der Waals surface area (Å²) in [6.45, 7) is 0. The molecule has 5 nitrogen and oxygen atoms in total. The predicted octanol–water partition coefficient (Wildman–Crippen LogP) is 3.27. The first-order valence-corrected chi connectivity index (χ1v) is 6.15. The lowest BCUT2D eigenvalue weighted by Crippen LogP contribution is -2.15. The third-order valence-corrected chi connectivity index (χ3v) is 3.06. The van der Waals surface area contributed by atoms with Gasteiger partial charge < -0.3 is 11.1 Å². The van der Waals surface area contributed by atoms with E-state index < -0.39 is 5.91 Å². The van der Waals surface area contributed by atoms with Crippen LogP contribution in [0.2, 0.25) is 15.3 Å². The highest BCUT2D eigenvalue weighted by molar-refractivity contribution is 6.38. The van der Waals surface area contributed by atoms with Crippen molar-refractivity contribution >= 4 is 52.1 Å². The molecule has 1 aromatic carbocycles. The van der Waals surface area contributed by atoms with Crippen LogP contribution in [0.15, 0.2) is 24.5 Å². The van der Waals surface area contributed by atoms with Crippen LogP contribution in [0.25, 0.3) is 0 Å². The fourth-order valence-electron chi connectivity index (χ4n) is 1.37. The van der Waals surface area contributed by atoms with Gasteiger partial charge in [0.15, 0.2) is 10.3 Å². The smallest absolute Gasteiger partial charge is 0.257 e. The average molecular weight is 318 g/mol. The van der Waals surface area contributed by atoms with E-state index in [-0.39, 0.29) is 27.2 Å². The molecule has 0 saturated heterocycles. The fourth-order valence-corrected chi connectivity index (χ4v) is 1.96. The number of aromatic nitrogens is 2. The molecule has 3 N–H and O–H groups in total. The van der Waals surface area contributed by atoms with E-state index in [2.05, 4.69) is 15.3 Å². The van der Waals surface area contributed by atoms with E-state index in [1.54, 1.807) is 6.07 Å². The zero-order chi connectivity index (χ0) is 14.0. The maximum atomic E-state index is 12.0. The second kappa shape index (κ2) is 5.61. The molecule has 0 bridgehead atoms. The number of rotatable bonds is 2. The van der Waals surface area contributed by atoms with Crippen molar-refractivity contribution in [2.45, 2.75) is 0 Å². The minimum absolute atomic E-state index is 0.0425. The van der Waals surface area contributed by atoms with Crippen molar-refractivity contribution in [1.82, 2.24) is 9.97 Å². The maximum absolute atomic E-state index is 12.0. The van der Waals surface area contributed by atoms with E-state index in [1.165, 1.54) is 18.5 Å². The van der Waals surface area contributed by atoms with Crippen molar-refractivity contribution in [1.29, 1.82) is 0 Å². The monoisotopic (exact) mass is 316 g/mol. The van der Waals surface area contributed by atoms with Crippen molar-refractivity contribution in [2.24, 2.45) is 0 Å². The van der Waals surface area contributed by atoms with Gasteiger partial charge in [-0.05, 0) is 18.2 Å². The molecule has 0 aliphatic heterocycles. The highest BCUT2D eigenvalue weighted by Gasteiger charge is 2.15. The van der Waals surface area contributed by atoms with Gasteiger partial charge in [0, 0.05) is 10.7 Å². The Morgan fingerprint density at radius 1 is 1.16 bits per heavy atom. The van der Waals surface area contributed by atoms with E-state index in [0.29, 0.717) is 5.02 Å². The number of benzene rings is 1. The lowest BCUT2D eigenvalue weighted by Gasteiger charge is -2.09. The van der Waals surface area contributed by atoms with E-state index in [0.717, 1.165) is 0 Å². The Labute approximate surface area is 123 Å². The Morgan fingerprint density at radius 2 is 1.79 bits per heavy atom. The van der Waals surface area contributed by atoms with Crippen molar-refractivity contribution in [3.05, 3.63) is 45.4 Å². The summed E-state index contributed by atoms with van der Waals surface area (Å²) in [5, 5.41) is 3.03. The molecule has 0 spiro atoms. The Hall–Kier alpha value is -1.56. The molecule has 0 fully saturated rings. The van der Waals surface area contributed by atoms with E-state index in [4.69, 9.17) is 40.5 Å². The van der Waals surface area contributed by atoms with E-state index in [1.807, 2.05) is 0 Å². The van der Waals surface area contributed by atoms with Crippen LogP contribution in [0.5, 0.6) is 0 Å². The quantitative estimate of drug-likeness (QED) is 0.658. The summed E-state index contributed by atoms with van der Waals surface area (Å²) < 4.78 is 0. The van der Waals surface area contributed by atoms with Gasteiger partial charge in [0.1, 0.15) is 12.0 Å². The van der Waals surface area contributed by atoms with E-state index in [9.17, 15) is 4.79 Å². The topological polar surface area (TPSA) is 80.9 Å². The number of nitrogens with two attached hydrogens (primary N) is 1. The SMILES string of the molecule is Nc1cc(Cl)ccc1C(=O)Nc1c(Cl)ncnc1Cl. The lowest BCUT2D eigenvalue weighted by molar-refractivity contribution is 0.102. The normalized spacial score (nSPS) is 10.3. The van der Waals surface area contributed by atoms with Gasteiger partial charge >= 0.3 is 0 Å². The number of amides is 1. The Balaban J connectivity index is 2.31. The molecular formula is C11H7Cl3N4O. The predicted molar refractivity (Wildman–Crippen MR) is 75.9 cm³/mol. The molecule has 0 saturated carbocycles. The number of anilines is 2. The van der Waals surface area contributed by atoms with Gasteiger partial charge in [-0.1, -0.05) is 34.8 Å². The molecule has 0 unspecified atom stereocenters. The first-order valence-electron chi connectivity index (χ1n) is 5.01. The van der Waals surface area contributed by atoms with Gasteiger partial charge in [0.25, 0.3) is 5.91 Å². The van der Waals surface area contributed by atoms with Crippen LogP contribution in [0, 0.1) is 0 Å². The van der Waals surface area contributed by atoms with Crippen LogP contribution < -0.4 is 11.1 Å². The van der Waals surface area contributed by atoms with Gasteiger partial charge in [0.2, 0.25) is 0 Å². The second-order valence-corrected chi connectivity index (χ2v) is 4.67. The number of nitrogens with zero attached hydrogens (tertiary/aromatic N) is 2. The van der Waals surface area contributed by atoms with Gasteiger partial charge in [-0.3, -0.25) is 4.79 Å². The molecule has 0 aliphatic rings. The largest absolute Gasteiger partial charge is 0.398 e. The van der Waals surface area contributed by atoms with Crippen LogP contribution in [0.4, 0.5) is 11.4 Å². The van der Waals surface area contributed by atoms with Crippen molar-refractivity contribution in [3.8, 4) is 0 Å². The zero-order valence-electron chi connectivity index (χ0n) is 9.32. The summed E-state index contributed by atoms with van der Waals surface area (Å²) in [6.07, 6.45) is 1.19. The maximum Gasteiger partial charge on any atom is 0.257 e. The van der Waals surface area contributed by atoms with Gasteiger partial charge in [-0.25, -0.2) is 9.97 Å². The molecule has 8 heteroatoms. The number of nitrogens with one attached hydrogen (secondary N) is 1. The van der Waals surface area contributed by atoms with Crippen LogP contribution >= 0.6 is 34.8 Å². The molecule has 19 heavy (non-hydrogen) atoms. The second-order valence-electron chi connectivity index (χ2n) is 3.52. The minimum atomic E-state index is -0.479. The van der Waals surface area contributed by atoms with E-state index >= 15 is 0 Å². The zero-order valence-corrected chi connectivity index (χ0v) is 11.6. The summed E-state index contributed by atoms with van der Waals surface area (Å²) in [6, 6.07) is 4.53. The Kier molecular flexibility index (Phi) is 4.09. The summed E-state index contributed by atoms with van der Waals surface area (Å²) >= 11 is 17.4. The van der Waals surface area contributed by atoms with Gasteiger partial charge in [0.05, 0.1) is 5.56 Å². The standard InChI is InChI=1S/C11H7Cl3N4O/c12-5-1-2-6(7(15)3-5)11(19)18-8-9(13)16-4-17-10(8)14/h1-4H,15H2,(H,18,19). The summed E-state index contributed by atoms with van der Waals surface area (Å²) in [5.41, 5.74) is 6.33. The van der Waals surface area contributed by atoms with Crippen molar-refractivity contribution < 1.29 is 4.79 Å². The third-order valence-electron chi connectivity index (χ3n) is 2.25. The molecule has 98 valence electrons. The van der Waals surface area contributed by atoms with Gasteiger partial charge in [-0.15, -0.1) is 0 Å². The Bertz CT molecular complexity index is 628. The van der Waals surface area contributed by atoms with Gasteiger partial charge in [-0.2, -0.15) is 0 Å². The fraction of sp³-hybridized carbons (Fsp3) is 0. The van der Waals surface area contributed by atoms with Crippen LogP contribution in [0.1, 0.15) is 10.4 Å². The molecule has 0 radical (unpaired) electrons. The molecule has 2 aromatic rings. The average Bonchev–Trinajstić information content (AvgIpc) is 2.33. The van der Waals surface area contributed by atoms with Crippen molar-refractivity contribution in [2.75, 3.05) is 11.1 Å². The number of halogens is 3. The number of carbonyl (C=O) groups excluding carboxylic acids is 1.